The van der Waals surface area contributed by atoms with Crippen molar-refractivity contribution in [1.82, 2.24) is 15.2 Å². The van der Waals surface area contributed by atoms with Crippen LogP contribution in [0.15, 0.2) is 0 Å². The average Bonchev–Trinajstić information content (AvgIpc) is 2.75. The van der Waals surface area contributed by atoms with E-state index in [1.54, 1.807) is 0 Å². The summed E-state index contributed by atoms with van der Waals surface area (Å²) in [4.78, 5) is 20.7. The molecule has 19 heavy (non-hydrogen) atoms. The smallest absolute Gasteiger partial charge is 0.265 e. The quantitative estimate of drug-likeness (QED) is 0.727. The molecule has 1 aromatic heterocycles. The highest BCUT2D eigenvalue weighted by molar-refractivity contribution is 7.18. The summed E-state index contributed by atoms with van der Waals surface area (Å²) in [5.41, 5.74) is 5.79. The third-order valence-corrected chi connectivity index (χ3v) is 3.90. The van der Waals surface area contributed by atoms with Crippen LogP contribution in [0.2, 0.25) is 0 Å². The van der Waals surface area contributed by atoms with Gasteiger partial charge in [-0.1, -0.05) is 11.3 Å². The molecule has 3 N–H and O–H groups in total. The van der Waals surface area contributed by atoms with Crippen molar-refractivity contribution in [3.63, 3.8) is 0 Å². The lowest BCUT2D eigenvalue weighted by Crippen LogP contribution is -2.27. The number of nitrogens with zero attached hydrogens (tertiary/aromatic N) is 3. The Morgan fingerprint density at radius 3 is 2.68 bits per heavy atom. The lowest BCUT2D eigenvalue weighted by molar-refractivity contribution is 0.0957. The largest absolute Gasteiger partial charge is 0.382 e. The van der Waals surface area contributed by atoms with Crippen molar-refractivity contribution in [3.8, 4) is 0 Å². The monoisotopic (exact) mass is 285 g/mol. The Morgan fingerprint density at radius 1 is 1.42 bits per heavy atom. The molecule has 0 aliphatic rings. The number of hydrogen-bond donors (Lipinski definition) is 2. The summed E-state index contributed by atoms with van der Waals surface area (Å²) in [7, 11) is 5.95. The van der Waals surface area contributed by atoms with E-state index in [0.717, 1.165) is 24.6 Å². The third kappa shape index (κ3) is 4.68. The lowest BCUT2D eigenvalue weighted by Gasteiger charge is -2.11. The SMILES string of the molecule is CCN(C)c1nc(N)c(C(=O)NCCCN(C)C)s1. The molecule has 7 heteroatoms. The van der Waals surface area contributed by atoms with Gasteiger partial charge < -0.3 is 20.9 Å². The van der Waals surface area contributed by atoms with Crippen molar-refractivity contribution in [3.05, 3.63) is 4.88 Å². The molecule has 0 fully saturated rings. The van der Waals surface area contributed by atoms with Crippen LogP contribution in [0.5, 0.6) is 0 Å². The number of amides is 1. The molecular formula is C12H23N5OS. The van der Waals surface area contributed by atoms with Crippen molar-refractivity contribution < 1.29 is 4.79 Å². The summed E-state index contributed by atoms with van der Waals surface area (Å²) < 4.78 is 0. The summed E-state index contributed by atoms with van der Waals surface area (Å²) >= 11 is 1.33. The first-order valence-corrected chi connectivity index (χ1v) is 7.17. The van der Waals surface area contributed by atoms with Crippen LogP contribution in [0, 0.1) is 0 Å². The van der Waals surface area contributed by atoms with Crippen molar-refractivity contribution in [2.75, 3.05) is 51.4 Å². The molecule has 0 aliphatic carbocycles. The molecule has 1 amide bonds. The molecule has 0 unspecified atom stereocenters. The van der Waals surface area contributed by atoms with Gasteiger partial charge in [0.25, 0.3) is 5.91 Å². The van der Waals surface area contributed by atoms with Crippen LogP contribution < -0.4 is 16.0 Å². The van der Waals surface area contributed by atoms with E-state index in [0.29, 0.717) is 17.2 Å². The molecule has 6 nitrogen and oxygen atoms in total. The Kier molecular flexibility index (Phi) is 6.04. The molecule has 0 saturated heterocycles. The first kappa shape index (κ1) is 15.7. The number of rotatable bonds is 7. The number of nitrogens with one attached hydrogen (secondary N) is 1. The van der Waals surface area contributed by atoms with Crippen LogP contribution in [0.4, 0.5) is 10.9 Å². The van der Waals surface area contributed by atoms with Gasteiger partial charge in [-0.3, -0.25) is 4.79 Å². The van der Waals surface area contributed by atoms with Crippen LogP contribution in [0.1, 0.15) is 23.0 Å². The van der Waals surface area contributed by atoms with Gasteiger partial charge in [-0.2, -0.15) is 0 Å². The van der Waals surface area contributed by atoms with E-state index >= 15 is 0 Å². The summed E-state index contributed by atoms with van der Waals surface area (Å²) in [6.45, 7) is 4.45. The van der Waals surface area contributed by atoms with E-state index in [1.165, 1.54) is 11.3 Å². The molecule has 0 bridgehead atoms. The predicted molar refractivity (Wildman–Crippen MR) is 81.0 cm³/mol. The summed E-state index contributed by atoms with van der Waals surface area (Å²) in [6, 6.07) is 0. The van der Waals surface area contributed by atoms with E-state index in [2.05, 4.69) is 15.2 Å². The van der Waals surface area contributed by atoms with E-state index in [4.69, 9.17) is 5.73 Å². The van der Waals surface area contributed by atoms with E-state index in [1.807, 2.05) is 33.0 Å². The van der Waals surface area contributed by atoms with Gasteiger partial charge in [0.2, 0.25) is 0 Å². The number of nitrogen functional groups attached to an aromatic ring is 1. The normalized spacial score (nSPS) is 10.8. The number of hydrogen-bond acceptors (Lipinski definition) is 6. The van der Waals surface area contributed by atoms with Crippen LogP contribution in [-0.4, -0.2) is 56.6 Å². The zero-order valence-electron chi connectivity index (χ0n) is 12.1. The van der Waals surface area contributed by atoms with Gasteiger partial charge in [0, 0.05) is 20.1 Å². The predicted octanol–water partition coefficient (Wildman–Crippen LogP) is 0.863. The molecule has 1 heterocycles. The van der Waals surface area contributed by atoms with Crippen molar-refractivity contribution in [1.29, 1.82) is 0 Å². The fourth-order valence-electron chi connectivity index (χ4n) is 1.46. The van der Waals surface area contributed by atoms with Gasteiger partial charge in [0.05, 0.1) is 0 Å². The van der Waals surface area contributed by atoms with E-state index < -0.39 is 0 Å². The minimum absolute atomic E-state index is 0.135. The van der Waals surface area contributed by atoms with E-state index in [-0.39, 0.29) is 5.91 Å². The molecule has 0 aromatic carbocycles. The molecule has 1 aromatic rings. The maximum absolute atomic E-state index is 12.0. The molecule has 0 aliphatic heterocycles. The maximum Gasteiger partial charge on any atom is 0.265 e. The van der Waals surface area contributed by atoms with Gasteiger partial charge in [0.15, 0.2) is 5.13 Å². The second-order valence-electron chi connectivity index (χ2n) is 4.64. The summed E-state index contributed by atoms with van der Waals surface area (Å²) in [6.07, 6.45) is 0.916. The fourth-order valence-corrected chi connectivity index (χ4v) is 2.39. The van der Waals surface area contributed by atoms with Gasteiger partial charge in [-0.05, 0) is 34.0 Å². The molecular weight excluding hydrogens is 262 g/mol. The minimum Gasteiger partial charge on any atom is -0.382 e. The Bertz CT molecular complexity index is 418. The Labute approximate surface area is 118 Å². The topological polar surface area (TPSA) is 74.5 Å². The number of carbonyl (C=O) groups excluding carboxylic acids is 1. The zero-order valence-corrected chi connectivity index (χ0v) is 12.9. The average molecular weight is 285 g/mol. The number of anilines is 2. The summed E-state index contributed by atoms with van der Waals surface area (Å²) in [5.74, 6) is 0.176. The van der Waals surface area contributed by atoms with Gasteiger partial charge in [0.1, 0.15) is 10.7 Å². The maximum atomic E-state index is 12.0. The molecule has 0 radical (unpaired) electrons. The molecule has 0 atom stereocenters. The Morgan fingerprint density at radius 2 is 2.11 bits per heavy atom. The van der Waals surface area contributed by atoms with Crippen LogP contribution in [0.25, 0.3) is 0 Å². The van der Waals surface area contributed by atoms with Crippen LogP contribution >= 0.6 is 11.3 Å². The lowest BCUT2D eigenvalue weighted by atomic mass is 10.4. The van der Waals surface area contributed by atoms with Gasteiger partial charge in [-0.15, -0.1) is 0 Å². The van der Waals surface area contributed by atoms with Gasteiger partial charge >= 0.3 is 0 Å². The number of aromatic nitrogens is 1. The second-order valence-corrected chi connectivity index (χ2v) is 5.62. The van der Waals surface area contributed by atoms with Crippen LogP contribution in [0.3, 0.4) is 0 Å². The fraction of sp³-hybridized carbons (Fsp3) is 0.667. The first-order valence-electron chi connectivity index (χ1n) is 6.36. The number of thiazole rings is 1. The molecule has 108 valence electrons. The minimum atomic E-state index is -0.135. The van der Waals surface area contributed by atoms with Crippen LogP contribution in [-0.2, 0) is 0 Å². The summed E-state index contributed by atoms with van der Waals surface area (Å²) in [5, 5.41) is 3.65. The van der Waals surface area contributed by atoms with Crippen molar-refractivity contribution in [2.45, 2.75) is 13.3 Å². The van der Waals surface area contributed by atoms with Crippen molar-refractivity contribution in [2.24, 2.45) is 0 Å². The van der Waals surface area contributed by atoms with Gasteiger partial charge in [-0.25, -0.2) is 4.98 Å². The standard InChI is InChI=1S/C12H23N5OS/c1-5-17(4)12-15-10(13)9(19-12)11(18)14-7-6-8-16(2)3/h5-8,13H2,1-4H3,(H,14,18). The second kappa shape index (κ2) is 7.30. The third-order valence-electron chi connectivity index (χ3n) is 2.72. The van der Waals surface area contributed by atoms with E-state index in [9.17, 15) is 4.79 Å². The highest BCUT2D eigenvalue weighted by Crippen LogP contribution is 2.27. The zero-order chi connectivity index (χ0) is 14.4. The first-order chi connectivity index (χ1) is 8.95. The highest BCUT2D eigenvalue weighted by atomic mass is 32.1. The number of nitrogens with two attached hydrogens (primary N) is 1. The Hall–Kier alpha value is -1.34. The highest BCUT2D eigenvalue weighted by Gasteiger charge is 2.17. The van der Waals surface area contributed by atoms with Crippen molar-refractivity contribution >= 4 is 28.2 Å². The Balaban J connectivity index is 2.55. The molecule has 0 saturated carbocycles. The molecule has 0 spiro atoms. The number of carbonyl (C=O) groups is 1. The molecule has 1 rings (SSSR count).